The van der Waals surface area contributed by atoms with E-state index < -0.39 is 0 Å². The minimum Gasteiger partial charge on any atom is -0.361 e. The molecule has 29 heavy (non-hydrogen) atoms. The Bertz CT molecular complexity index is 852. The number of likely N-dealkylation sites (tertiary alicyclic amines) is 1. The number of aromatic nitrogens is 2. The smallest absolute Gasteiger partial charge is 0.256 e. The van der Waals surface area contributed by atoms with Crippen molar-refractivity contribution >= 4 is 23.6 Å². The summed E-state index contributed by atoms with van der Waals surface area (Å²) >= 11 is 1.46. The van der Waals surface area contributed by atoms with Gasteiger partial charge >= 0.3 is 0 Å². The molecular weight excluding hydrogens is 388 g/mol. The van der Waals surface area contributed by atoms with Crippen molar-refractivity contribution in [3.05, 3.63) is 41.4 Å². The Morgan fingerprint density at radius 1 is 1.41 bits per heavy atom. The van der Waals surface area contributed by atoms with E-state index in [-0.39, 0.29) is 17.7 Å². The molecule has 1 aliphatic rings. The van der Waals surface area contributed by atoms with Crippen LogP contribution in [0.5, 0.6) is 0 Å². The van der Waals surface area contributed by atoms with Crippen LogP contribution < -0.4 is 5.32 Å². The van der Waals surface area contributed by atoms with Crippen molar-refractivity contribution in [3.8, 4) is 0 Å². The number of nitrogens with one attached hydrogen (secondary N) is 1. The SMILES string of the molecule is Cc1cc(CSc2ncccc2C(=O)N2CCCC(C(=O)NCC(C)C)C2)no1. The summed E-state index contributed by atoms with van der Waals surface area (Å²) in [5.41, 5.74) is 1.39. The zero-order valence-electron chi connectivity index (χ0n) is 17.2. The lowest BCUT2D eigenvalue weighted by atomic mass is 9.96. The van der Waals surface area contributed by atoms with Crippen LogP contribution in [0.1, 0.15) is 48.5 Å². The summed E-state index contributed by atoms with van der Waals surface area (Å²) in [5.74, 6) is 1.56. The molecule has 0 aliphatic carbocycles. The number of hydrogen-bond donors (Lipinski definition) is 1. The molecule has 1 N–H and O–H groups in total. The third kappa shape index (κ3) is 5.82. The molecule has 3 rings (SSSR count). The number of amides is 2. The van der Waals surface area contributed by atoms with Crippen LogP contribution in [-0.4, -0.2) is 46.5 Å². The van der Waals surface area contributed by atoms with Crippen LogP contribution in [0.25, 0.3) is 0 Å². The lowest BCUT2D eigenvalue weighted by molar-refractivity contribution is -0.126. The molecule has 2 aromatic rings. The van der Waals surface area contributed by atoms with Crippen molar-refractivity contribution in [2.45, 2.75) is 44.4 Å². The molecule has 156 valence electrons. The fourth-order valence-corrected chi connectivity index (χ4v) is 4.16. The van der Waals surface area contributed by atoms with Gasteiger partial charge < -0.3 is 14.7 Å². The van der Waals surface area contributed by atoms with Crippen molar-refractivity contribution in [2.75, 3.05) is 19.6 Å². The van der Waals surface area contributed by atoms with Crippen LogP contribution in [0.2, 0.25) is 0 Å². The van der Waals surface area contributed by atoms with E-state index >= 15 is 0 Å². The molecular formula is C21H28N4O3S. The number of hydrogen-bond acceptors (Lipinski definition) is 6. The molecule has 0 radical (unpaired) electrons. The lowest BCUT2D eigenvalue weighted by Gasteiger charge is -2.32. The van der Waals surface area contributed by atoms with Crippen LogP contribution >= 0.6 is 11.8 Å². The topological polar surface area (TPSA) is 88.3 Å². The zero-order valence-corrected chi connectivity index (χ0v) is 18.0. The number of aryl methyl sites for hydroxylation is 1. The van der Waals surface area contributed by atoms with Crippen molar-refractivity contribution in [1.29, 1.82) is 0 Å². The summed E-state index contributed by atoms with van der Waals surface area (Å²) < 4.78 is 5.10. The normalized spacial score (nSPS) is 16.8. The van der Waals surface area contributed by atoms with Crippen molar-refractivity contribution in [2.24, 2.45) is 11.8 Å². The number of nitrogens with zero attached hydrogens (tertiary/aromatic N) is 3. The lowest BCUT2D eigenvalue weighted by Crippen LogP contribution is -2.46. The van der Waals surface area contributed by atoms with E-state index in [0.29, 0.717) is 41.9 Å². The fraction of sp³-hybridized carbons (Fsp3) is 0.524. The van der Waals surface area contributed by atoms with Crippen LogP contribution in [0, 0.1) is 18.8 Å². The minimum atomic E-state index is -0.155. The van der Waals surface area contributed by atoms with Gasteiger partial charge in [-0.3, -0.25) is 9.59 Å². The maximum absolute atomic E-state index is 13.2. The monoisotopic (exact) mass is 416 g/mol. The average molecular weight is 417 g/mol. The Kier molecular flexibility index (Phi) is 7.30. The van der Waals surface area contributed by atoms with E-state index in [9.17, 15) is 9.59 Å². The summed E-state index contributed by atoms with van der Waals surface area (Å²) in [6.45, 7) is 7.76. The second-order valence-corrected chi connectivity index (χ2v) is 8.77. The van der Waals surface area contributed by atoms with Gasteiger partial charge in [0.2, 0.25) is 5.91 Å². The maximum Gasteiger partial charge on any atom is 0.256 e. The number of carbonyl (C=O) groups excluding carboxylic acids is 2. The van der Waals surface area contributed by atoms with Gasteiger partial charge in [-0.1, -0.05) is 30.8 Å². The van der Waals surface area contributed by atoms with Gasteiger partial charge in [-0.15, -0.1) is 0 Å². The van der Waals surface area contributed by atoms with Crippen LogP contribution in [0.3, 0.4) is 0 Å². The second kappa shape index (κ2) is 9.91. The Morgan fingerprint density at radius 2 is 2.24 bits per heavy atom. The highest BCUT2D eigenvalue weighted by atomic mass is 32.2. The third-order valence-electron chi connectivity index (χ3n) is 4.80. The highest BCUT2D eigenvalue weighted by Gasteiger charge is 2.30. The first kappa shape index (κ1) is 21.4. The Balaban J connectivity index is 1.65. The second-order valence-electron chi connectivity index (χ2n) is 7.80. The molecule has 0 bridgehead atoms. The van der Waals surface area contributed by atoms with E-state index in [2.05, 4.69) is 29.3 Å². The first-order valence-corrected chi connectivity index (χ1v) is 11.0. The summed E-state index contributed by atoms with van der Waals surface area (Å²) in [6.07, 6.45) is 3.33. The Labute approximate surface area is 175 Å². The highest BCUT2D eigenvalue weighted by molar-refractivity contribution is 7.98. The van der Waals surface area contributed by atoms with Gasteiger partial charge in [0.25, 0.3) is 5.91 Å². The van der Waals surface area contributed by atoms with Gasteiger partial charge in [0.05, 0.1) is 17.2 Å². The summed E-state index contributed by atoms with van der Waals surface area (Å²) in [4.78, 5) is 31.8. The molecule has 1 unspecified atom stereocenters. The van der Waals surface area contributed by atoms with Crippen molar-refractivity contribution in [1.82, 2.24) is 20.4 Å². The standard InChI is InChI=1S/C21H28N4O3S/c1-14(2)11-23-19(26)16-6-5-9-25(12-16)21(27)18-7-4-8-22-20(18)29-13-17-10-15(3)28-24-17/h4,7-8,10,14,16H,5-6,9,11-13H2,1-3H3,(H,23,26). The molecule has 7 nitrogen and oxygen atoms in total. The summed E-state index contributed by atoms with van der Waals surface area (Å²) in [5, 5.41) is 7.66. The van der Waals surface area contributed by atoms with E-state index in [1.54, 1.807) is 23.2 Å². The van der Waals surface area contributed by atoms with Gasteiger partial charge in [0.15, 0.2) is 0 Å². The first-order chi connectivity index (χ1) is 13.9. The third-order valence-corrected chi connectivity index (χ3v) is 5.84. The fourth-order valence-electron chi connectivity index (χ4n) is 3.29. The molecule has 1 aliphatic heterocycles. The first-order valence-electron chi connectivity index (χ1n) is 10.0. The van der Waals surface area contributed by atoms with Crippen molar-refractivity contribution < 1.29 is 14.1 Å². The van der Waals surface area contributed by atoms with E-state index in [0.717, 1.165) is 24.3 Å². The van der Waals surface area contributed by atoms with E-state index in [1.165, 1.54) is 11.8 Å². The quantitative estimate of drug-likeness (QED) is 0.697. The molecule has 2 aromatic heterocycles. The van der Waals surface area contributed by atoms with Gasteiger partial charge in [-0.2, -0.15) is 0 Å². The van der Waals surface area contributed by atoms with E-state index in [1.807, 2.05) is 13.0 Å². The molecule has 1 atom stereocenters. The summed E-state index contributed by atoms with van der Waals surface area (Å²) in [6, 6.07) is 5.45. The number of carbonyl (C=O) groups is 2. The van der Waals surface area contributed by atoms with Crippen LogP contribution in [0.4, 0.5) is 0 Å². The molecule has 8 heteroatoms. The molecule has 0 spiro atoms. The summed E-state index contributed by atoms with van der Waals surface area (Å²) in [7, 11) is 0. The Morgan fingerprint density at radius 3 is 2.97 bits per heavy atom. The molecule has 1 fully saturated rings. The number of rotatable bonds is 7. The van der Waals surface area contributed by atoms with Crippen LogP contribution in [0.15, 0.2) is 33.9 Å². The molecule has 0 saturated carbocycles. The van der Waals surface area contributed by atoms with Gasteiger partial charge in [0, 0.05) is 37.7 Å². The van der Waals surface area contributed by atoms with Crippen molar-refractivity contribution in [3.63, 3.8) is 0 Å². The molecule has 0 aromatic carbocycles. The number of pyridine rings is 1. The maximum atomic E-state index is 13.2. The minimum absolute atomic E-state index is 0.0402. The largest absolute Gasteiger partial charge is 0.361 e. The zero-order chi connectivity index (χ0) is 20.8. The average Bonchev–Trinajstić information content (AvgIpc) is 3.15. The van der Waals surface area contributed by atoms with Gasteiger partial charge in [0.1, 0.15) is 10.8 Å². The number of piperidine rings is 1. The predicted octanol–water partition coefficient (Wildman–Crippen LogP) is 3.29. The molecule has 1 saturated heterocycles. The van der Waals surface area contributed by atoms with E-state index in [4.69, 9.17) is 4.52 Å². The molecule has 3 heterocycles. The van der Waals surface area contributed by atoms with Gasteiger partial charge in [-0.05, 0) is 37.8 Å². The highest BCUT2D eigenvalue weighted by Crippen LogP contribution is 2.27. The molecule has 2 amide bonds. The predicted molar refractivity (Wildman–Crippen MR) is 112 cm³/mol. The number of thioether (sulfide) groups is 1. The Hall–Kier alpha value is -2.35. The van der Waals surface area contributed by atoms with Crippen LogP contribution in [-0.2, 0) is 10.5 Å². The van der Waals surface area contributed by atoms with Gasteiger partial charge in [-0.25, -0.2) is 4.98 Å².